The van der Waals surface area contributed by atoms with Crippen LogP contribution in [0.4, 0.5) is 9.59 Å². The molecule has 1 unspecified atom stereocenters. The molecule has 2 aromatic carbocycles. The number of carboxylic acids is 1. The average molecular weight is 495 g/mol. The summed E-state index contributed by atoms with van der Waals surface area (Å²) in [5, 5.41) is 12.2. The van der Waals surface area contributed by atoms with Crippen molar-refractivity contribution in [1.82, 2.24) is 10.2 Å². The summed E-state index contributed by atoms with van der Waals surface area (Å²) in [6, 6.07) is 15.6. The second-order valence-corrected chi connectivity index (χ2v) is 10.5. The molecule has 36 heavy (non-hydrogen) atoms. The topological polar surface area (TPSA) is 105 Å². The number of amides is 2. The van der Waals surface area contributed by atoms with Gasteiger partial charge in [0.1, 0.15) is 12.2 Å². The van der Waals surface area contributed by atoms with Crippen molar-refractivity contribution in [3.05, 3.63) is 59.7 Å². The van der Waals surface area contributed by atoms with E-state index in [0.29, 0.717) is 25.9 Å². The van der Waals surface area contributed by atoms with Crippen molar-refractivity contribution in [3.63, 3.8) is 0 Å². The number of fused-ring (bicyclic) bond motifs is 3. The Kier molecular flexibility index (Phi) is 7.52. The fourth-order valence-corrected chi connectivity index (χ4v) is 5.13. The molecule has 1 atom stereocenters. The van der Waals surface area contributed by atoms with Gasteiger partial charge in [-0.3, -0.25) is 4.79 Å². The van der Waals surface area contributed by atoms with Crippen LogP contribution < -0.4 is 5.32 Å². The van der Waals surface area contributed by atoms with Gasteiger partial charge >= 0.3 is 18.2 Å². The predicted molar refractivity (Wildman–Crippen MR) is 135 cm³/mol. The number of piperidine rings is 1. The van der Waals surface area contributed by atoms with E-state index in [1.165, 1.54) is 0 Å². The van der Waals surface area contributed by atoms with E-state index >= 15 is 0 Å². The monoisotopic (exact) mass is 494 g/mol. The Hall–Kier alpha value is -3.55. The third-order valence-corrected chi connectivity index (χ3v) is 6.80. The highest BCUT2D eigenvalue weighted by molar-refractivity contribution is 5.79. The number of benzene rings is 2. The molecule has 1 heterocycles. The quantitative estimate of drug-likeness (QED) is 0.585. The van der Waals surface area contributed by atoms with Gasteiger partial charge < -0.3 is 24.8 Å². The number of carbonyl (C=O) groups excluding carboxylic acids is 2. The van der Waals surface area contributed by atoms with Gasteiger partial charge in [-0.1, -0.05) is 48.5 Å². The van der Waals surface area contributed by atoms with Crippen LogP contribution in [0.3, 0.4) is 0 Å². The van der Waals surface area contributed by atoms with Crippen LogP contribution in [0.15, 0.2) is 48.5 Å². The molecule has 8 heteroatoms. The molecule has 8 nitrogen and oxygen atoms in total. The smallest absolute Gasteiger partial charge is 0.410 e. The van der Waals surface area contributed by atoms with Crippen molar-refractivity contribution in [2.24, 2.45) is 5.92 Å². The Morgan fingerprint density at radius 2 is 1.56 bits per heavy atom. The number of nitrogens with one attached hydrogen (secondary N) is 1. The highest BCUT2D eigenvalue weighted by atomic mass is 16.6. The fraction of sp³-hybridized carbons (Fsp3) is 0.464. The van der Waals surface area contributed by atoms with Crippen molar-refractivity contribution in [1.29, 1.82) is 0 Å². The van der Waals surface area contributed by atoms with Gasteiger partial charge in [-0.2, -0.15) is 0 Å². The molecule has 2 N–H and O–H groups in total. The van der Waals surface area contributed by atoms with Gasteiger partial charge in [-0.15, -0.1) is 0 Å². The van der Waals surface area contributed by atoms with Crippen LogP contribution in [-0.4, -0.2) is 59.5 Å². The molecule has 192 valence electrons. The predicted octanol–water partition coefficient (Wildman–Crippen LogP) is 5.02. The van der Waals surface area contributed by atoms with Crippen LogP contribution >= 0.6 is 0 Å². The lowest BCUT2D eigenvalue weighted by Gasteiger charge is -2.36. The van der Waals surface area contributed by atoms with E-state index in [0.717, 1.165) is 22.3 Å². The second kappa shape index (κ2) is 10.6. The Morgan fingerprint density at radius 1 is 1.00 bits per heavy atom. The number of likely N-dealkylation sites (tertiary alicyclic amines) is 1. The summed E-state index contributed by atoms with van der Waals surface area (Å²) in [5.74, 6) is -1.15. The van der Waals surface area contributed by atoms with E-state index in [1.807, 2.05) is 57.2 Å². The van der Waals surface area contributed by atoms with E-state index < -0.39 is 23.7 Å². The first kappa shape index (κ1) is 25.5. The maximum atomic E-state index is 12.8. The second-order valence-electron chi connectivity index (χ2n) is 10.5. The molecule has 1 fully saturated rings. The summed E-state index contributed by atoms with van der Waals surface area (Å²) in [4.78, 5) is 38.3. The number of ether oxygens (including phenoxy) is 2. The van der Waals surface area contributed by atoms with Crippen LogP contribution in [0.5, 0.6) is 0 Å². The van der Waals surface area contributed by atoms with Crippen LogP contribution in [0.2, 0.25) is 0 Å². The normalized spacial score (nSPS) is 16.6. The number of carboxylic acid groups (broad SMARTS) is 1. The van der Waals surface area contributed by atoms with Gasteiger partial charge in [-0.25, -0.2) is 9.59 Å². The molecular weight excluding hydrogens is 460 g/mol. The van der Waals surface area contributed by atoms with Crippen molar-refractivity contribution in [2.45, 2.75) is 57.6 Å². The molecule has 1 aliphatic heterocycles. The molecule has 4 rings (SSSR count). The first-order valence-electron chi connectivity index (χ1n) is 12.4. The summed E-state index contributed by atoms with van der Waals surface area (Å²) in [7, 11) is 0. The van der Waals surface area contributed by atoms with Gasteiger partial charge in [0, 0.05) is 25.0 Å². The minimum absolute atomic E-state index is 0.0712. The van der Waals surface area contributed by atoms with Gasteiger partial charge in [0.2, 0.25) is 0 Å². The van der Waals surface area contributed by atoms with E-state index in [-0.39, 0.29) is 31.0 Å². The maximum Gasteiger partial charge on any atom is 0.410 e. The molecular formula is C28H34N2O6. The molecule has 0 spiro atoms. The SMILES string of the molecule is CC(C)(C)OC(=O)N1CCC(C(CC(=O)O)NC(=O)OCC2c3ccccc3-c3ccccc32)CC1. The summed E-state index contributed by atoms with van der Waals surface area (Å²) < 4.78 is 11.1. The Balaban J connectivity index is 1.35. The number of hydrogen-bond donors (Lipinski definition) is 2. The third kappa shape index (κ3) is 5.98. The first-order valence-corrected chi connectivity index (χ1v) is 12.4. The maximum absolute atomic E-state index is 12.8. The largest absolute Gasteiger partial charge is 0.481 e. The number of hydrogen-bond acceptors (Lipinski definition) is 5. The average Bonchev–Trinajstić information content (AvgIpc) is 3.15. The molecule has 1 aliphatic carbocycles. The minimum atomic E-state index is -0.992. The van der Waals surface area contributed by atoms with Crippen LogP contribution in [0, 0.1) is 5.92 Å². The summed E-state index contributed by atoms with van der Waals surface area (Å²) in [6.45, 7) is 6.51. The Morgan fingerprint density at radius 3 is 2.08 bits per heavy atom. The number of aliphatic carboxylic acids is 1. The summed E-state index contributed by atoms with van der Waals surface area (Å²) in [6.07, 6.45) is -0.0684. The highest BCUT2D eigenvalue weighted by Gasteiger charge is 2.34. The number of nitrogens with zero attached hydrogens (tertiary/aromatic N) is 1. The van der Waals surface area contributed by atoms with Crippen LogP contribution in [0.25, 0.3) is 11.1 Å². The zero-order chi connectivity index (χ0) is 25.9. The zero-order valence-corrected chi connectivity index (χ0v) is 21.0. The minimum Gasteiger partial charge on any atom is -0.481 e. The van der Waals surface area contributed by atoms with Crippen LogP contribution in [-0.2, 0) is 14.3 Å². The number of rotatable bonds is 6. The lowest BCUT2D eigenvalue weighted by molar-refractivity contribution is -0.138. The lowest BCUT2D eigenvalue weighted by atomic mass is 9.87. The van der Waals surface area contributed by atoms with E-state index in [4.69, 9.17) is 9.47 Å². The molecule has 0 aromatic heterocycles. The van der Waals surface area contributed by atoms with Crippen molar-refractivity contribution >= 4 is 18.2 Å². The molecule has 2 amide bonds. The highest BCUT2D eigenvalue weighted by Crippen LogP contribution is 2.44. The van der Waals surface area contributed by atoms with Crippen LogP contribution in [0.1, 0.15) is 57.1 Å². The Labute approximate surface area is 211 Å². The third-order valence-electron chi connectivity index (χ3n) is 6.80. The molecule has 2 aromatic rings. The van der Waals surface area contributed by atoms with E-state index in [9.17, 15) is 19.5 Å². The molecule has 0 saturated carbocycles. The van der Waals surface area contributed by atoms with Gasteiger partial charge in [0.15, 0.2) is 0 Å². The molecule has 0 bridgehead atoms. The lowest BCUT2D eigenvalue weighted by Crippen LogP contribution is -2.48. The summed E-state index contributed by atoms with van der Waals surface area (Å²) >= 11 is 0. The fourth-order valence-electron chi connectivity index (χ4n) is 5.13. The summed E-state index contributed by atoms with van der Waals surface area (Å²) in [5.41, 5.74) is 3.93. The van der Waals surface area contributed by atoms with Gasteiger partial charge in [0.25, 0.3) is 0 Å². The standard InChI is InChI=1S/C28H34N2O6/c1-28(2,3)36-27(34)30-14-12-18(13-15-30)24(16-25(31)32)29-26(33)35-17-23-21-10-6-4-8-19(21)20-9-5-7-11-22(20)23/h4-11,18,23-24H,12-17H2,1-3H3,(H,29,33)(H,31,32). The van der Waals surface area contributed by atoms with Gasteiger partial charge in [0.05, 0.1) is 6.42 Å². The first-order chi connectivity index (χ1) is 17.1. The molecule has 2 aliphatic rings. The van der Waals surface area contributed by atoms with Crippen molar-refractivity contribution in [3.8, 4) is 11.1 Å². The van der Waals surface area contributed by atoms with E-state index in [1.54, 1.807) is 4.90 Å². The molecule has 1 saturated heterocycles. The zero-order valence-electron chi connectivity index (χ0n) is 21.0. The van der Waals surface area contributed by atoms with Gasteiger partial charge in [-0.05, 0) is 61.8 Å². The molecule has 0 radical (unpaired) electrons. The van der Waals surface area contributed by atoms with E-state index in [2.05, 4.69) is 17.4 Å². The number of alkyl carbamates (subject to hydrolysis) is 1. The Bertz CT molecular complexity index is 1070. The van der Waals surface area contributed by atoms with Crippen molar-refractivity contribution < 1.29 is 29.0 Å². The number of carbonyl (C=O) groups is 3. The van der Waals surface area contributed by atoms with Crippen molar-refractivity contribution in [2.75, 3.05) is 19.7 Å².